The third kappa shape index (κ3) is 4.41. The molecule has 0 radical (unpaired) electrons. The van der Waals surface area contributed by atoms with Crippen LogP contribution in [0.1, 0.15) is 0 Å². The summed E-state index contributed by atoms with van der Waals surface area (Å²) in [6.45, 7) is 0. The average Bonchev–Trinajstić information content (AvgIpc) is 3.22. The van der Waals surface area contributed by atoms with Crippen LogP contribution in [0.5, 0.6) is 0 Å². The molecule has 0 atom stereocenters. The first-order valence-electron chi connectivity index (χ1n) is 18.1. The quantitative estimate of drug-likeness (QED) is 0.166. The Morgan fingerprint density at radius 1 is 0.192 bits per heavy atom. The predicted octanol–water partition coefficient (Wildman–Crippen LogP) is 14.8. The summed E-state index contributed by atoms with van der Waals surface area (Å²) >= 11 is 0. The van der Waals surface area contributed by atoms with Crippen LogP contribution in [0, 0.1) is 0 Å². The molecule has 0 bridgehead atoms. The summed E-state index contributed by atoms with van der Waals surface area (Å²) in [4.78, 5) is 0. The van der Waals surface area contributed by atoms with Gasteiger partial charge in [0.25, 0.3) is 0 Å². The molecular weight excluding hydrogens is 625 g/mol. The lowest BCUT2D eigenvalue weighted by Crippen LogP contribution is -1.89. The molecule has 0 aliphatic rings. The van der Waals surface area contributed by atoms with Gasteiger partial charge in [-0.05, 0) is 127 Å². The molecule has 240 valence electrons. The standard InChI is InChI=1S/C52H32/c1-2-12-40-34(10-1)11-9-19-41(40)35-22-20-33(21-23-35)36-26-28-42-37(30-36)24-25-38-31-39(27-29-43(38)42)50-32-51-46-15-4-3-13-44(46)45-14-5-7-17-48(45)52(51)49-18-8-6-16-47(49)50/h1-32H. The van der Waals surface area contributed by atoms with Crippen LogP contribution in [0.4, 0.5) is 0 Å². The van der Waals surface area contributed by atoms with Crippen molar-refractivity contribution < 1.29 is 0 Å². The van der Waals surface area contributed by atoms with E-state index in [2.05, 4.69) is 194 Å². The van der Waals surface area contributed by atoms with E-state index in [-0.39, 0.29) is 0 Å². The van der Waals surface area contributed by atoms with E-state index in [1.165, 1.54) is 109 Å². The molecule has 11 rings (SSSR count). The molecule has 0 unspecified atom stereocenters. The molecule has 0 heteroatoms. The number of rotatable bonds is 3. The van der Waals surface area contributed by atoms with Gasteiger partial charge in [0.2, 0.25) is 0 Å². The van der Waals surface area contributed by atoms with E-state index < -0.39 is 0 Å². The maximum absolute atomic E-state index is 2.44. The van der Waals surface area contributed by atoms with Crippen molar-refractivity contribution in [2.75, 3.05) is 0 Å². The lowest BCUT2D eigenvalue weighted by Gasteiger charge is -2.16. The maximum Gasteiger partial charge on any atom is -0.00199 e. The highest BCUT2D eigenvalue weighted by Gasteiger charge is 2.15. The molecule has 0 saturated carbocycles. The Balaban J connectivity index is 1.02. The van der Waals surface area contributed by atoms with Gasteiger partial charge in [-0.25, -0.2) is 0 Å². The molecule has 0 heterocycles. The fourth-order valence-corrected chi connectivity index (χ4v) is 8.74. The van der Waals surface area contributed by atoms with Crippen molar-refractivity contribution in [3.8, 4) is 33.4 Å². The lowest BCUT2D eigenvalue weighted by molar-refractivity contribution is 1.62. The monoisotopic (exact) mass is 656 g/mol. The van der Waals surface area contributed by atoms with Gasteiger partial charge in [-0.3, -0.25) is 0 Å². The van der Waals surface area contributed by atoms with E-state index >= 15 is 0 Å². The average molecular weight is 657 g/mol. The Labute approximate surface area is 301 Å². The molecule has 0 aromatic heterocycles. The van der Waals surface area contributed by atoms with Gasteiger partial charge in [0.05, 0.1) is 0 Å². The van der Waals surface area contributed by atoms with E-state index in [9.17, 15) is 0 Å². The molecule has 11 aromatic carbocycles. The molecule has 0 aliphatic carbocycles. The summed E-state index contributed by atoms with van der Waals surface area (Å²) < 4.78 is 0. The van der Waals surface area contributed by atoms with Crippen LogP contribution in [0.15, 0.2) is 194 Å². The molecule has 0 aliphatic heterocycles. The molecule has 0 amide bonds. The maximum atomic E-state index is 2.44. The van der Waals surface area contributed by atoms with Gasteiger partial charge < -0.3 is 0 Å². The second kappa shape index (κ2) is 11.4. The van der Waals surface area contributed by atoms with Crippen LogP contribution in [-0.2, 0) is 0 Å². The van der Waals surface area contributed by atoms with Gasteiger partial charge in [0.1, 0.15) is 0 Å². The van der Waals surface area contributed by atoms with E-state index in [0.717, 1.165) is 0 Å². The number of hydrogen-bond donors (Lipinski definition) is 0. The summed E-state index contributed by atoms with van der Waals surface area (Å²) in [6, 6.07) is 71.8. The highest BCUT2D eigenvalue weighted by molar-refractivity contribution is 6.33. The van der Waals surface area contributed by atoms with Gasteiger partial charge >= 0.3 is 0 Å². The predicted molar refractivity (Wildman–Crippen MR) is 225 cm³/mol. The van der Waals surface area contributed by atoms with Gasteiger partial charge in [0.15, 0.2) is 0 Å². The van der Waals surface area contributed by atoms with Gasteiger partial charge in [-0.1, -0.05) is 176 Å². The highest BCUT2D eigenvalue weighted by Crippen LogP contribution is 2.43. The van der Waals surface area contributed by atoms with E-state index in [1.807, 2.05) is 0 Å². The Morgan fingerprint density at radius 2 is 0.673 bits per heavy atom. The second-order valence-electron chi connectivity index (χ2n) is 14.0. The zero-order chi connectivity index (χ0) is 34.2. The minimum atomic E-state index is 1.23. The molecule has 0 spiro atoms. The Kier molecular flexibility index (Phi) is 6.35. The van der Waals surface area contributed by atoms with E-state index in [4.69, 9.17) is 0 Å². The van der Waals surface area contributed by atoms with E-state index in [0.29, 0.717) is 0 Å². The first-order valence-corrected chi connectivity index (χ1v) is 18.1. The third-order valence-corrected chi connectivity index (χ3v) is 11.2. The summed E-state index contributed by atoms with van der Waals surface area (Å²) in [5.41, 5.74) is 7.48. The van der Waals surface area contributed by atoms with Gasteiger partial charge in [-0.15, -0.1) is 0 Å². The topological polar surface area (TPSA) is 0 Å². The van der Waals surface area contributed by atoms with Crippen molar-refractivity contribution in [3.05, 3.63) is 194 Å². The van der Waals surface area contributed by atoms with Crippen molar-refractivity contribution in [3.63, 3.8) is 0 Å². The first-order chi connectivity index (χ1) is 25.8. The highest BCUT2D eigenvalue weighted by atomic mass is 14.2. The Bertz CT molecular complexity index is 3210. The Hall–Kier alpha value is -6.76. The minimum absolute atomic E-state index is 1.23. The molecule has 0 N–H and O–H groups in total. The smallest absolute Gasteiger partial charge is 0.00199 e. The molecule has 0 saturated heterocycles. The molecule has 0 nitrogen and oxygen atoms in total. The van der Waals surface area contributed by atoms with Crippen LogP contribution < -0.4 is 0 Å². The summed E-state index contributed by atoms with van der Waals surface area (Å²) in [5.74, 6) is 0. The van der Waals surface area contributed by atoms with E-state index in [1.54, 1.807) is 0 Å². The third-order valence-electron chi connectivity index (χ3n) is 11.2. The first kappa shape index (κ1) is 29.0. The zero-order valence-electron chi connectivity index (χ0n) is 28.5. The number of hydrogen-bond acceptors (Lipinski definition) is 0. The molecule has 0 fully saturated rings. The van der Waals surface area contributed by atoms with Crippen LogP contribution in [0.3, 0.4) is 0 Å². The van der Waals surface area contributed by atoms with Crippen LogP contribution in [-0.4, -0.2) is 0 Å². The molecular formula is C52H32. The fraction of sp³-hybridized carbons (Fsp3) is 0. The van der Waals surface area contributed by atoms with Crippen LogP contribution in [0.25, 0.3) is 109 Å². The summed E-state index contributed by atoms with van der Waals surface area (Å²) in [6.07, 6.45) is 0. The normalized spacial score (nSPS) is 11.8. The summed E-state index contributed by atoms with van der Waals surface area (Å²) in [5, 5.41) is 18.1. The molecule has 52 heavy (non-hydrogen) atoms. The van der Waals surface area contributed by atoms with Crippen molar-refractivity contribution >= 4 is 75.4 Å². The van der Waals surface area contributed by atoms with Crippen molar-refractivity contribution in [2.45, 2.75) is 0 Å². The van der Waals surface area contributed by atoms with Crippen LogP contribution in [0.2, 0.25) is 0 Å². The number of benzene rings is 11. The lowest BCUT2D eigenvalue weighted by atomic mass is 9.87. The molecule has 11 aromatic rings. The largest absolute Gasteiger partial charge is 0.0616 e. The second-order valence-corrected chi connectivity index (χ2v) is 14.0. The Morgan fingerprint density at radius 3 is 1.38 bits per heavy atom. The minimum Gasteiger partial charge on any atom is -0.0616 e. The SMILES string of the molecule is c1ccc2c(-c3ccc(-c4ccc5c(ccc6cc(-c7cc8c9ccccc9c9ccccc9c8c8ccccc78)ccc65)c4)cc3)cccc2c1. The van der Waals surface area contributed by atoms with Crippen molar-refractivity contribution in [1.29, 1.82) is 0 Å². The summed E-state index contributed by atoms with van der Waals surface area (Å²) in [7, 11) is 0. The van der Waals surface area contributed by atoms with Crippen molar-refractivity contribution in [2.24, 2.45) is 0 Å². The number of fused-ring (bicyclic) bond motifs is 12. The van der Waals surface area contributed by atoms with Gasteiger partial charge in [-0.2, -0.15) is 0 Å². The van der Waals surface area contributed by atoms with Crippen LogP contribution >= 0.6 is 0 Å². The van der Waals surface area contributed by atoms with Gasteiger partial charge in [0, 0.05) is 0 Å². The van der Waals surface area contributed by atoms with Crippen molar-refractivity contribution in [1.82, 2.24) is 0 Å². The zero-order valence-corrected chi connectivity index (χ0v) is 28.5. The fourth-order valence-electron chi connectivity index (χ4n) is 8.74.